The molecule has 0 atom stereocenters. The van der Waals surface area contributed by atoms with E-state index in [9.17, 15) is 4.79 Å². The van der Waals surface area contributed by atoms with E-state index >= 15 is 0 Å². The average Bonchev–Trinajstić information content (AvgIpc) is 2.62. The fourth-order valence-electron chi connectivity index (χ4n) is 2.62. The van der Waals surface area contributed by atoms with E-state index in [1.165, 1.54) is 0 Å². The van der Waals surface area contributed by atoms with Gasteiger partial charge in [-0.05, 0) is 24.6 Å². The summed E-state index contributed by atoms with van der Waals surface area (Å²) in [6.07, 6.45) is 0.342. The summed E-state index contributed by atoms with van der Waals surface area (Å²) in [7, 11) is 0. The molecule has 24 heavy (non-hydrogen) atoms. The van der Waals surface area contributed by atoms with E-state index < -0.39 is 0 Å². The van der Waals surface area contributed by atoms with Crippen molar-refractivity contribution in [2.24, 2.45) is 0 Å². The van der Waals surface area contributed by atoms with Gasteiger partial charge in [-0.25, -0.2) is 0 Å². The lowest BCUT2D eigenvalue weighted by Gasteiger charge is -2.11. The molecule has 0 aliphatic rings. The molecule has 0 fully saturated rings. The van der Waals surface area contributed by atoms with Gasteiger partial charge in [-0.1, -0.05) is 72.3 Å². The van der Waals surface area contributed by atoms with Gasteiger partial charge < -0.3 is 4.74 Å². The van der Waals surface area contributed by atoms with Gasteiger partial charge in [0.05, 0.1) is 0 Å². The van der Waals surface area contributed by atoms with Gasteiger partial charge in [0.15, 0.2) is 5.78 Å². The van der Waals surface area contributed by atoms with Crippen molar-refractivity contribution in [3.63, 3.8) is 0 Å². The van der Waals surface area contributed by atoms with Crippen LogP contribution in [0.1, 0.15) is 27.0 Å². The molecule has 0 bridgehead atoms. The molecule has 0 saturated carbocycles. The predicted octanol–water partition coefficient (Wildman–Crippen LogP) is 5.00. The molecule has 0 aliphatic heterocycles. The third-order valence-corrected chi connectivity index (χ3v) is 3.90. The van der Waals surface area contributed by atoms with Crippen LogP contribution in [-0.2, 0) is 13.0 Å². The molecule has 0 heterocycles. The molecule has 0 radical (unpaired) electrons. The molecular weight excluding hydrogens is 296 g/mol. The number of benzene rings is 3. The van der Waals surface area contributed by atoms with Crippen molar-refractivity contribution < 1.29 is 9.53 Å². The summed E-state index contributed by atoms with van der Waals surface area (Å²) in [4.78, 5) is 12.5. The third-order valence-electron chi connectivity index (χ3n) is 3.90. The Bertz CT molecular complexity index is 822. The van der Waals surface area contributed by atoms with Crippen LogP contribution in [0, 0.1) is 6.92 Å². The van der Waals surface area contributed by atoms with Crippen LogP contribution in [0.2, 0.25) is 0 Å². The topological polar surface area (TPSA) is 26.3 Å². The summed E-state index contributed by atoms with van der Waals surface area (Å²) in [5, 5.41) is 0. The van der Waals surface area contributed by atoms with Gasteiger partial charge in [0.1, 0.15) is 12.4 Å². The molecule has 0 spiro atoms. The minimum atomic E-state index is 0.106. The van der Waals surface area contributed by atoms with E-state index in [-0.39, 0.29) is 5.78 Å². The summed E-state index contributed by atoms with van der Waals surface area (Å²) in [6, 6.07) is 25.5. The van der Waals surface area contributed by atoms with Crippen LogP contribution in [0.25, 0.3) is 0 Å². The first-order valence-corrected chi connectivity index (χ1v) is 8.07. The maximum atomic E-state index is 12.5. The Balaban J connectivity index is 1.73. The quantitative estimate of drug-likeness (QED) is 0.598. The lowest BCUT2D eigenvalue weighted by molar-refractivity contribution is 0.0991. The normalized spacial score (nSPS) is 10.4. The predicted molar refractivity (Wildman–Crippen MR) is 96.4 cm³/mol. The van der Waals surface area contributed by atoms with Gasteiger partial charge >= 0.3 is 0 Å². The van der Waals surface area contributed by atoms with Crippen LogP contribution in [0.15, 0.2) is 78.9 Å². The van der Waals surface area contributed by atoms with Crippen LogP contribution in [0.5, 0.6) is 5.75 Å². The molecule has 0 amide bonds. The lowest BCUT2D eigenvalue weighted by atomic mass is 10.0. The van der Waals surface area contributed by atoms with Crippen molar-refractivity contribution in [2.75, 3.05) is 0 Å². The molecule has 2 nitrogen and oxygen atoms in total. The average molecular weight is 316 g/mol. The molecule has 0 aliphatic carbocycles. The fraction of sp³-hybridized carbons (Fsp3) is 0.136. The Kier molecular flexibility index (Phi) is 5.07. The van der Waals surface area contributed by atoms with Crippen LogP contribution >= 0.6 is 0 Å². The summed E-state index contributed by atoms with van der Waals surface area (Å²) < 4.78 is 5.93. The Morgan fingerprint density at radius 1 is 0.875 bits per heavy atom. The Labute approximate surface area is 142 Å². The number of Topliss-reactive ketones (excluding diaryl/α,β-unsaturated/α-hetero) is 1. The minimum absolute atomic E-state index is 0.106. The number of aryl methyl sites for hydroxylation is 1. The molecule has 3 aromatic carbocycles. The summed E-state index contributed by atoms with van der Waals surface area (Å²) >= 11 is 0. The summed E-state index contributed by atoms with van der Waals surface area (Å²) in [5.41, 5.74) is 3.86. The highest BCUT2D eigenvalue weighted by molar-refractivity contribution is 5.97. The Morgan fingerprint density at radius 3 is 2.42 bits per heavy atom. The maximum absolute atomic E-state index is 12.5. The number of hydrogen-bond donors (Lipinski definition) is 0. The highest BCUT2D eigenvalue weighted by Crippen LogP contribution is 2.21. The number of rotatable bonds is 6. The number of carbonyl (C=O) groups excluding carboxylic acids is 1. The first-order valence-electron chi connectivity index (χ1n) is 8.07. The number of carbonyl (C=O) groups is 1. The first kappa shape index (κ1) is 16.0. The van der Waals surface area contributed by atoms with Crippen molar-refractivity contribution in [3.8, 4) is 5.75 Å². The Hall–Kier alpha value is -2.87. The van der Waals surface area contributed by atoms with E-state index in [1.54, 1.807) is 0 Å². The van der Waals surface area contributed by atoms with Gasteiger partial charge in [-0.3, -0.25) is 4.79 Å². The van der Waals surface area contributed by atoms with E-state index in [0.717, 1.165) is 28.0 Å². The molecule has 0 unspecified atom stereocenters. The largest absolute Gasteiger partial charge is 0.489 e. The second kappa shape index (κ2) is 7.60. The molecule has 0 N–H and O–H groups in total. The van der Waals surface area contributed by atoms with Gasteiger partial charge in [-0.2, -0.15) is 0 Å². The smallest absolute Gasteiger partial charge is 0.167 e. The standard InChI is InChI=1S/C22H20O2/c1-17-8-7-12-19(14-17)21(23)15-20-11-5-6-13-22(20)24-16-18-9-3-2-4-10-18/h2-14H,15-16H2,1H3. The second-order valence-electron chi connectivity index (χ2n) is 5.85. The highest BCUT2D eigenvalue weighted by Gasteiger charge is 2.11. The van der Waals surface area contributed by atoms with Crippen molar-refractivity contribution in [1.82, 2.24) is 0 Å². The monoisotopic (exact) mass is 316 g/mol. The lowest BCUT2D eigenvalue weighted by Crippen LogP contribution is -2.06. The van der Waals surface area contributed by atoms with E-state index in [2.05, 4.69) is 0 Å². The van der Waals surface area contributed by atoms with Crippen LogP contribution < -0.4 is 4.74 Å². The number of para-hydroxylation sites is 1. The fourth-order valence-corrected chi connectivity index (χ4v) is 2.62. The van der Waals surface area contributed by atoms with Crippen LogP contribution in [-0.4, -0.2) is 5.78 Å². The molecule has 0 aromatic heterocycles. The second-order valence-corrected chi connectivity index (χ2v) is 5.85. The van der Waals surface area contributed by atoms with Gasteiger partial charge in [-0.15, -0.1) is 0 Å². The molecule has 0 saturated heterocycles. The van der Waals surface area contributed by atoms with Crippen LogP contribution in [0.3, 0.4) is 0 Å². The molecule has 2 heteroatoms. The summed E-state index contributed by atoms with van der Waals surface area (Å²) in [6.45, 7) is 2.49. The maximum Gasteiger partial charge on any atom is 0.167 e. The summed E-state index contributed by atoms with van der Waals surface area (Å²) in [5.74, 6) is 0.872. The van der Waals surface area contributed by atoms with Crippen molar-refractivity contribution in [2.45, 2.75) is 20.0 Å². The van der Waals surface area contributed by atoms with E-state index in [0.29, 0.717) is 13.0 Å². The minimum Gasteiger partial charge on any atom is -0.489 e. The SMILES string of the molecule is Cc1cccc(C(=O)Cc2ccccc2OCc2ccccc2)c1. The molecule has 120 valence electrons. The third kappa shape index (κ3) is 4.11. The van der Waals surface area contributed by atoms with E-state index in [4.69, 9.17) is 4.74 Å². The Morgan fingerprint density at radius 2 is 1.62 bits per heavy atom. The van der Waals surface area contributed by atoms with Crippen molar-refractivity contribution in [1.29, 1.82) is 0 Å². The van der Waals surface area contributed by atoms with Crippen molar-refractivity contribution in [3.05, 3.63) is 101 Å². The zero-order valence-corrected chi connectivity index (χ0v) is 13.7. The van der Waals surface area contributed by atoms with Crippen molar-refractivity contribution >= 4 is 5.78 Å². The zero-order chi connectivity index (χ0) is 16.8. The van der Waals surface area contributed by atoms with Gasteiger partial charge in [0.25, 0.3) is 0 Å². The molecular formula is C22H20O2. The number of hydrogen-bond acceptors (Lipinski definition) is 2. The van der Waals surface area contributed by atoms with E-state index in [1.807, 2.05) is 85.8 Å². The highest BCUT2D eigenvalue weighted by atomic mass is 16.5. The number of ether oxygens (including phenoxy) is 1. The molecule has 3 rings (SSSR count). The number of ketones is 1. The van der Waals surface area contributed by atoms with Gasteiger partial charge in [0.2, 0.25) is 0 Å². The first-order chi connectivity index (χ1) is 11.7. The molecule has 3 aromatic rings. The van der Waals surface area contributed by atoms with Crippen LogP contribution in [0.4, 0.5) is 0 Å². The zero-order valence-electron chi connectivity index (χ0n) is 13.7. The van der Waals surface area contributed by atoms with Gasteiger partial charge in [0, 0.05) is 17.5 Å².